The first-order chi connectivity index (χ1) is 13.9. The van der Waals surface area contributed by atoms with Crippen molar-refractivity contribution in [3.63, 3.8) is 0 Å². The number of carbonyl (C=O) groups is 1. The van der Waals surface area contributed by atoms with Crippen LogP contribution in [-0.2, 0) is 4.79 Å². The van der Waals surface area contributed by atoms with Gasteiger partial charge in [-0.15, -0.1) is 11.8 Å². The Bertz CT molecular complexity index is 1240. The third-order valence-electron chi connectivity index (χ3n) is 4.44. The summed E-state index contributed by atoms with van der Waals surface area (Å²) in [6, 6.07) is 0. The number of carbonyl (C=O) groups excluding carboxylic acids is 1. The standard InChI is InChI=1S/C18H17ClFN7OS/c1-21-11-7-27-6-10(22-5-12(27)24-11)14-9-4-23-25-17(9)18(16(20)15(14)19)29-8-13(28)26(2)3/h4-7,21H,8H2,1-3H3,(H,23,25). The molecule has 0 atom stereocenters. The van der Waals surface area contributed by atoms with Crippen molar-refractivity contribution in [3.05, 3.63) is 35.6 Å². The predicted molar refractivity (Wildman–Crippen MR) is 112 cm³/mol. The van der Waals surface area contributed by atoms with Crippen molar-refractivity contribution in [1.82, 2.24) is 29.5 Å². The normalized spacial score (nSPS) is 11.3. The Hall–Kier alpha value is -2.85. The van der Waals surface area contributed by atoms with E-state index in [0.29, 0.717) is 33.6 Å². The Morgan fingerprint density at radius 1 is 1.38 bits per heavy atom. The molecule has 150 valence electrons. The summed E-state index contributed by atoms with van der Waals surface area (Å²) in [6.45, 7) is 0. The SMILES string of the molecule is CNc1cn2cc(-c3c(Cl)c(F)c(SCC(=O)N(C)C)c4[nH]ncc34)ncc2n1. The highest BCUT2D eigenvalue weighted by molar-refractivity contribution is 8.00. The minimum absolute atomic E-state index is 0.0699. The van der Waals surface area contributed by atoms with Gasteiger partial charge < -0.3 is 14.6 Å². The molecule has 0 spiro atoms. The highest BCUT2D eigenvalue weighted by Crippen LogP contribution is 2.41. The van der Waals surface area contributed by atoms with Crippen LogP contribution in [0.3, 0.4) is 0 Å². The summed E-state index contributed by atoms with van der Waals surface area (Å²) in [6.07, 6.45) is 6.70. The van der Waals surface area contributed by atoms with E-state index in [0.717, 1.165) is 11.8 Å². The van der Waals surface area contributed by atoms with Crippen LogP contribution in [0.1, 0.15) is 0 Å². The van der Waals surface area contributed by atoms with Crippen molar-refractivity contribution < 1.29 is 9.18 Å². The highest BCUT2D eigenvalue weighted by Gasteiger charge is 2.23. The number of rotatable bonds is 5. The van der Waals surface area contributed by atoms with Crippen LogP contribution < -0.4 is 5.32 Å². The summed E-state index contributed by atoms with van der Waals surface area (Å²) in [5.74, 6) is 0.0278. The molecule has 4 rings (SSSR count). The molecule has 3 aromatic heterocycles. The maximum atomic E-state index is 15.2. The Morgan fingerprint density at radius 2 is 2.17 bits per heavy atom. The van der Waals surface area contributed by atoms with Gasteiger partial charge in [0.1, 0.15) is 5.82 Å². The number of thioether (sulfide) groups is 1. The lowest BCUT2D eigenvalue weighted by Gasteiger charge is -2.13. The fourth-order valence-electron chi connectivity index (χ4n) is 2.88. The van der Waals surface area contributed by atoms with Crippen LogP contribution in [0.15, 0.2) is 29.7 Å². The molecule has 0 aliphatic heterocycles. The smallest absolute Gasteiger partial charge is 0.232 e. The summed E-state index contributed by atoms with van der Waals surface area (Å²) in [5.41, 5.74) is 2.03. The largest absolute Gasteiger partial charge is 0.372 e. The molecule has 0 saturated carbocycles. The first-order valence-corrected chi connectivity index (χ1v) is 9.97. The van der Waals surface area contributed by atoms with Gasteiger partial charge in [0, 0.05) is 38.3 Å². The number of anilines is 1. The molecular formula is C18H17ClFN7OS. The molecule has 1 amide bonds. The lowest BCUT2D eigenvalue weighted by Crippen LogP contribution is -2.23. The van der Waals surface area contributed by atoms with E-state index < -0.39 is 5.82 Å². The summed E-state index contributed by atoms with van der Waals surface area (Å²) < 4.78 is 17.0. The molecular weight excluding hydrogens is 417 g/mol. The van der Waals surface area contributed by atoms with E-state index in [4.69, 9.17) is 11.6 Å². The molecule has 0 unspecified atom stereocenters. The van der Waals surface area contributed by atoms with E-state index in [1.54, 1.807) is 50.3 Å². The average Bonchev–Trinajstić information content (AvgIpc) is 3.34. The zero-order valence-electron chi connectivity index (χ0n) is 15.8. The third kappa shape index (κ3) is 3.38. The molecule has 0 radical (unpaired) electrons. The van der Waals surface area contributed by atoms with Gasteiger partial charge in [0.05, 0.1) is 45.5 Å². The number of amides is 1. The average molecular weight is 434 g/mol. The first kappa shape index (κ1) is 19.5. The number of fused-ring (bicyclic) bond motifs is 2. The van der Waals surface area contributed by atoms with Crippen molar-refractivity contribution in [2.45, 2.75) is 4.90 Å². The molecule has 0 saturated heterocycles. The predicted octanol–water partition coefficient (Wildman–Crippen LogP) is 3.29. The number of nitrogens with zero attached hydrogens (tertiary/aromatic N) is 5. The van der Waals surface area contributed by atoms with E-state index >= 15 is 4.39 Å². The van der Waals surface area contributed by atoms with Crippen LogP contribution in [0.5, 0.6) is 0 Å². The molecule has 29 heavy (non-hydrogen) atoms. The van der Waals surface area contributed by atoms with Crippen LogP contribution in [0.25, 0.3) is 27.8 Å². The van der Waals surface area contributed by atoms with Gasteiger partial charge in [0.15, 0.2) is 11.5 Å². The lowest BCUT2D eigenvalue weighted by molar-refractivity contribution is -0.125. The summed E-state index contributed by atoms with van der Waals surface area (Å²) in [5, 5.41) is 10.4. The van der Waals surface area contributed by atoms with Crippen molar-refractivity contribution in [3.8, 4) is 11.3 Å². The first-order valence-electron chi connectivity index (χ1n) is 8.60. The van der Waals surface area contributed by atoms with Crippen LogP contribution in [0.2, 0.25) is 5.02 Å². The number of nitrogens with one attached hydrogen (secondary N) is 2. The maximum absolute atomic E-state index is 15.2. The third-order valence-corrected chi connectivity index (χ3v) is 5.86. The highest BCUT2D eigenvalue weighted by atomic mass is 35.5. The molecule has 0 fully saturated rings. The summed E-state index contributed by atoms with van der Waals surface area (Å²) >= 11 is 7.51. The van der Waals surface area contributed by atoms with Gasteiger partial charge in [0.25, 0.3) is 0 Å². The van der Waals surface area contributed by atoms with Gasteiger partial charge in [-0.3, -0.25) is 14.9 Å². The van der Waals surface area contributed by atoms with E-state index in [-0.39, 0.29) is 21.6 Å². The summed E-state index contributed by atoms with van der Waals surface area (Å²) in [4.78, 5) is 22.4. The topological polar surface area (TPSA) is 91.2 Å². The Balaban J connectivity index is 1.84. The number of hydrogen-bond acceptors (Lipinski definition) is 6. The number of halogens is 2. The zero-order chi connectivity index (χ0) is 20.7. The lowest BCUT2D eigenvalue weighted by atomic mass is 10.1. The molecule has 4 aromatic rings. The second-order valence-electron chi connectivity index (χ2n) is 6.48. The van der Waals surface area contributed by atoms with Crippen LogP contribution in [-0.4, -0.2) is 62.3 Å². The van der Waals surface area contributed by atoms with Crippen LogP contribution in [0.4, 0.5) is 10.2 Å². The second kappa shape index (κ2) is 7.53. The number of benzene rings is 1. The molecule has 0 aliphatic rings. The zero-order valence-corrected chi connectivity index (χ0v) is 17.4. The minimum atomic E-state index is -0.613. The van der Waals surface area contributed by atoms with E-state index in [2.05, 4.69) is 25.5 Å². The van der Waals surface area contributed by atoms with Crippen LogP contribution >= 0.6 is 23.4 Å². The molecule has 11 heteroatoms. The van der Waals surface area contributed by atoms with Crippen molar-refractivity contribution >= 4 is 51.6 Å². The molecule has 0 aliphatic carbocycles. The number of hydrogen-bond donors (Lipinski definition) is 2. The Labute approximate surface area is 174 Å². The Morgan fingerprint density at radius 3 is 2.90 bits per heavy atom. The van der Waals surface area contributed by atoms with Gasteiger partial charge in [-0.2, -0.15) is 5.10 Å². The molecule has 3 heterocycles. The second-order valence-corrected chi connectivity index (χ2v) is 7.85. The number of aromatic nitrogens is 5. The monoisotopic (exact) mass is 433 g/mol. The molecule has 1 aromatic carbocycles. The molecule has 8 nitrogen and oxygen atoms in total. The van der Waals surface area contributed by atoms with E-state index in [1.807, 2.05) is 0 Å². The van der Waals surface area contributed by atoms with Gasteiger partial charge in [-0.25, -0.2) is 9.37 Å². The van der Waals surface area contributed by atoms with Gasteiger partial charge in [-0.05, 0) is 0 Å². The number of imidazole rings is 1. The fourth-order valence-corrected chi connectivity index (χ4v) is 4.29. The van der Waals surface area contributed by atoms with E-state index in [1.165, 1.54) is 4.90 Å². The van der Waals surface area contributed by atoms with Crippen LogP contribution in [0, 0.1) is 5.82 Å². The van der Waals surface area contributed by atoms with Gasteiger partial charge >= 0.3 is 0 Å². The Kier molecular flexibility index (Phi) is 5.05. The van der Waals surface area contributed by atoms with E-state index in [9.17, 15) is 4.79 Å². The molecule has 0 bridgehead atoms. The maximum Gasteiger partial charge on any atom is 0.232 e. The number of aromatic amines is 1. The molecule has 2 N–H and O–H groups in total. The number of H-pyrrole nitrogens is 1. The van der Waals surface area contributed by atoms with Crippen molar-refractivity contribution in [1.29, 1.82) is 0 Å². The van der Waals surface area contributed by atoms with Crippen molar-refractivity contribution in [2.24, 2.45) is 0 Å². The van der Waals surface area contributed by atoms with Gasteiger partial charge in [0.2, 0.25) is 5.91 Å². The minimum Gasteiger partial charge on any atom is -0.372 e. The summed E-state index contributed by atoms with van der Waals surface area (Å²) in [7, 11) is 5.08. The quantitative estimate of drug-likeness (QED) is 0.469. The van der Waals surface area contributed by atoms with Gasteiger partial charge in [-0.1, -0.05) is 11.6 Å². The van der Waals surface area contributed by atoms with Crippen molar-refractivity contribution in [2.75, 3.05) is 32.2 Å². The fraction of sp³-hybridized carbons (Fsp3) is 0.222.